The largest absolute Gasteiger partial charge is 0.296 e. The van der Waals surface area contributed by atoms with E-state index in [9.17, 15) is 0 Å². The van der Waals surface area contributed by atoms with Gasteiger partial charge in [0.15, 0.2) is 0 Å². The highest BCUT2D eigenvalue weighted by Crippen LogP contribution is 2.29. The molecule has 1 aliphatic heterocycles. The molecule has 1 saturated heterocycles. The van der Waals surface area contributed by atoms with Gasteiger partial charge >= 0.3 is 0 Å². The van der Waals surface area contributed by atoms with Crippen molar-refractivity contribution in [2.45, 2.75) is 39.2 Å². The van der Waals surface area contributed by atoms with Crippen molar-refractivity contribution in [3.63, 3.8) is 0 Å². The smallest absolute Gasteiger partial charge is 0.0406 e. The number of hydrogen-bond donors (Lipinski definition) is 0. The average molecular weight is 252 g/mol. The Hall–Kier alpha value is -0.530. The molecule has 0 aliphatic carbocycles. The summed E-state index contributed by atoms with van der Waals surface area (Å²) in [6.45, 7) is 7.11. The Labute approximate surface area is 110 Å². The SMILES string of the molecule is CC[C@@H](c1ccc(Cl)cc1)N1CCC(C)CC1. The maximum Gasteiger partial charge on any atom is 0.0406 e. The second-order valence-corrected chi connectivity index (χ2v) is 5.63. The van der Waals surface area contributed by atoms with Crippen LogP contribution >= 0.6 is 11.6 Å². The molecule has 0 radical (unpaired) electrons. The van der Waals surface area contributed by atoms with Crippen molar-refractivity contribution in [3.05, 3.63) is 34.9 Å². The number of benzene rings is 1. The highest BCUT2D eigenvalue weighted by Gasteiger charge is 2.23. The lowest BCUT2D eigenvalue weighted by Gasteiger charge is -2.36. The van der Waals surface area contributed by atoms with Crippen molar-refractivity contribution in [1.82, 2.24) is 4.90 Å². The van der Waals surface area contributed by atoms with Crippen molar-refractivity contribution >= 4 is 11.6 Å². The van der Waals surface area contributed by atoms with Crippen LogP contribution in [0.2, 0.25) is 5.02 Å². The fraction of sp³-hybridized carbons (Fsp3) is 0.600. The number of piperidine rings is 1. The number of likely N-dealkylation sites (tertiary alicyclic amines) is 1. The van der Waals surface area contributed by atoms with Gasteiger partial charge in [-0.05, 0) is 56.0 Å². The van der Waals surface area contributed by atoms with Crippen LogP contribution in [0, 0.1) is 5.92 Å². The molecule has 0 saturated carbocycles. The quantitative estimate of drug-likeness (QED) is 0.763. The van der Waals surface area contributed by atoms with Crippen molar-refractivity contribution < 1.29 is 0 Å². The first-order valence-electron chi connectivity index (χ1n) is 6.70. The minimum absolute atomic E-state index is 0.569. The van der Waals surface area contributed by atoms with Crippen LogP contribution in [0.5, 0.6) is 0 Å². The van der Waals surface area contributed by atoms with Gasteiger partial charge in [-0.2, -0.15) is 0 Å². The summed E-state index contributed by atoms with van der Waals surface area (Å²) < 4.78 is 0. The molecule has 0 aromatic heterocycles. The highest BCUT2D eigenvalue weighted by molar-refractivity contribution is 6.30. The maximum absolute atomic E-state index is 5.95. The van der Waals surface area contributed by atoms with Crippen LogP contribution in [0.3, 0.4) is 0 Å². The van der Waals surface area contributed by atoms with Crippen LogP contribution < -0.4 is 0 Å². The Morgan fingerprint density at radius 3 is 2.35 bits per heavy atom. The topological polar surface area (TPSA) is 3.24 Å². The molecule has 1 fully saturated rings. The van der Waals surface area contributed by atoms with Gasteiger partial charge in [0.25, 0.3) is 0 Å². The lowest BCUT2D eigenvalue weighted by atomic mass is 9.95. The second-order valence-electron chi connectivity index (χ2n) is 5.19. The van der Waals surface area contributed by atoms with E-state index in [1.165, 1.54) is 37.9 Å². The number of rotatable bonds is 3. The van der Waals surface area contributed by atoms with Crippen molar-refractivity contribution in [1.29, 1.82) is 0 Å². The third-order valence-electron chi connectivity index (χ3n) is 3.90. The molecule has 0 spiro atoms. The van der Waals surface area contributed by atoms with Gasteiger partial charge in [0.1, 0.15) is 0 Å². The van der Waals surface area contributed by atoms with Gasteiger partial charge in [0, 0.05) is 11.1 Å². The summed E-state index contributed by atoms with van der Waals surface area (Å²) in [6.07, 6.45) is 3.85. The third kappa shape index (κ3) is 3.23. The molecule has 0 unspecified atom stereocenters. The lowest BCUT2D eigenvalue weighted by molar-refractivity contribution is 0.134. The molecular weight excluding hydrogens is 230 g/mol. The van der Waals surface area contributed by atoms with E-state index in [-0.39, 0.29) is 0 Å². The van der Waals surface area contributed by atoms with Gasteiger partial charge in [0.05, 0.1) is 0 Å². The number of halogens is 1. The Morgan fingerprint density at radius 2 is 1.82 bits per heavy atom. The Bertz CT molecular complexity index is 338. The predicted molar refractivity (Wildman–Crippen MR) is 74.5 cm³/mol. The molecule has 2 heteroatoms. The van der Waals surface area contributed by atoms with Gasteiger partial charge < -0.3 is 0 Å². The fourth-order valence-electron chi connectivity index (χ4n) is 2.73. The van der Waals surface area contributed by atoms with E-state index in [0.717, 1.165) is 10.9 Å². The van der Waals surface area contributed by atoms with E-state index in [0.29, 0.717) is 6.04 Å². The van der Waals surface area contributed by atoms with Crippen LogP contribution in [0.4, 0.5) is 0 Å². The fourth-order valence-corrected chi connectivity index (χ4v) is 2.86. The molecule has 0 amide bonds. The summed E-state index contributed by atoms with van der Waals surface area (Å²) in [6, 6.07) is 8.93. The van der Waals surface area contributed by atoms with Gasteiger partial charge in [0.2, 0.25) is 0 Å². The summed E-state index contributed by atoms with van der Waals surface area (Å²) >= 11 is 5.95. The first kappa shape index (κ1) is 12.9. The molecule has 1 nitrogen and oxygen atoms in total. The standard InChI is InChI=1S/C15H22ClN/c1-3-15(13-4-6-14(16)7-5-13)17-10-8-12(2)9-11-17/h4-7,12,15H,3,8-11H2,1-2H3/t15-/m0/s1. The lowest BCUT2D eigenvalue weighted by Crippen LogP contribution is -2.35. The minimum Gasteiger partial charge on any atom is -0.296 e. The first-order chi connectivity index (χ1) is 8.20. The summed E-state index contributed by atoms with van der Waals surface area (Å²) in [7, 11) is 0. The molecule has 2 rings (SSSR count). The predicted octanol–water partition coefficient (Wildman–Crippen LogP) is 4.52. The van der Waals surface area contributed by atoms with E-state index in [2.05, 4.69) is 30.9 Å². The highest BCUT2D eigenvalue weighted by atomic mass is 35.5. The molecule has 1 aliphatic rings. The normalized spacial score (nSPS) is 20.4. The number of nitrogens with zero attached hydrogens (tertiary/aromatic N) is 1. The van der Waals surface area contributed by atoms with E-state index >= 15 is 0 Å². The maximum atomic E-state index is 5.95. The molecule has 1 heterocycles. The monoisotopic (exact) mass is 251 g/mol. The van der Waals surface area contributed by atoms with Gasteiger partial charge in [-0.1, -0.05) is 37.6 Å². The number of hydrogen-bond acceptors (Lipinski definition) is 1. The Balaban J connectivity index is 2.08. The van der Waals surface area contributed by atoms with Gasteiger partial charge in [-0.15, -0.1) is 0 Å². The third-order valence-corrected chi connectivity index (χ3v) is 4.15. The molecule has 1 aromatic carbocycles. The first-order valence-corrected chi connectivity index (χ1v) is 7.08. The van der Waals surface area contributed by atoms with Crippen LogP contribution in [-0.2, 0) is 0 Å². The van der Waals surface area contributed by atoms with Crippen molar-refractivity contribution in [3.8, 4) is 0 Å². The zero-order valence-corrected chi connectivity index (χ0v) is 11.6. The second kappa shape index (κ2) is 5.88. The van der Waals surface area contributed by atoms with Crippen molar-refractivity contribution in [2.24, 2.45) is 5.92 Å². The zero-order chi connectivity index (χ0) is 12.3. The van der Waals surface area contributed by atoms with Crippen LogP contribution in [0.15, 0.2) is 24.3 Å². The van der Waals surface area contributed by atoms with Gasteiger partial charge in [-0.3, -0.25) is 4.90 Å². The van der Waals surface area contributed by atoms with Crippen LogP contribution in [0.1, 0.15) is 44.7 Å². The average Bonchev–Trinajstić information content (AvgIpc) is 2.35. The Kier molecular flexibility index (Phi) is 4.47. The summed E-state index contributed by atoms with van der Waals surface area (Å²) in [5.41, 5.74) is 1.41. The Morgan fingerprint density at radius 1 is 1.24 bits per heavy atom. The molecule has 17 heavy (non-hydrogen) atoms. The molecular formula is C15H22ClN. The van der Waals surface area contributed by atoms with E-state index < -0.39 is 0 Å². The summed E-state index contributed by atoms with van der Waals surface area (Å²) in [4.78, 5) is 2.63. The van der Waals surface area contributed by atoms with E-state index in [1.54, 1.807) is 0 Å². The minimum atomic E-state index is 0.569. The molecule has 0 bridgehead atoms. The van der Waals surface area contributed by atoms with Gasteiger partial charge in [-0.25, -0.2) is 0 Å². The summed E-state index contributed by atoms with van der Waals surface area (Å²) in [5, 5.41) is 0.830. The van der Waals surface area contributed by atoms with Crippen molar-refractivity contribution in [2.75, 3.05) is 13.1 Å². The van der Waals surface area contributed by atoms with E-state index in [4.69, 9.17) is 11.6 Å². The molecule has 1 atom stereocenters. The van der Waals surface area contributed by atoms with E-state index in [1.807, 2.05) is 12.1 Å². The molecule has 0 N–H and O–H groups in total. The van der Waals surface area contributed by atoms with Crippen LogP contribution in [-0.4, -0.2) is 18.0 Å². The zero-order valence-electron chi connectivity index (χ0n) is 10.8. The molecule has 94 valence electrons. The summed E-state index contributed by atoms with van der Waals surface area (Å²) in [5.74, 6) is 0.897. The molecule has 1 aromatic rings. The van der Waals surface area contributed by atoms with Crippen LogP contribution in [0.25, 0.3) is 0 Å².